The summed E-state index contributed by atoms with van der Waals surface area (Å²) < 4.78 is 10.5. The first-order valence-corrected chi connectivity index (χ1v) is 8.95. The van der Waals surface area contributed by atoms with Crippen molar-refractivity contribution in [2.24, 2.45) is 0 Å². The molecule has 0 bridgehead atoms. The standard InChI is InChI=1S/C21H22N2O5/c1-15-8-10-16(11-9-15)21(2)19(25)23(20(26)22-21)14-18(24)28-13-12-27-17-6-4-3-5-7-17/h3-11H,12-14H2,1-2H3,(H,22,26)/t21-/m0/s1. The molecule has 0 spiro atoms. The molecule has 1 saturated heterocycles. The van der Waals surface area contributed by atoms with Gasteiger partial charge in [-0.3, -0.25) is 14.5 Å². The molecule has 3 amide bonds. The van der Waals surface area contributed by atoms with E-state index in [-0.39, 0.29) is 13.2 Å². The molecule has 1 N–H and O–H groups in total. The highest BCUT2D eigenvalue weighted by molar-refractivity contribution is 6.08. The molecule has 1 atom stereocenters. The molecule has 0 unspecified atom stereocenters. The zero-order valence-corrected chi connectivity index (χ0v) is 15.8. The maximum atomic E-state index is 12.8. The Labute approximate surface area is 163 Å². The highest BCUT2D eigenvalue weighted by atomic mass is 16.6. The molecule has 3 rings (SSSR count). The van der Waals surface area contributed by atoms with E-state index in [9.17, 15) is 14.4 Å². The third kappa shape index (κ3) is 4.14. The Morgan fingerprint density at radius 2 is 1.71 bits per heavy atom. The Balaban J connectivity index is 1.53. The number of amides is 3. The molecule has 7 heteroatoms. The van der Waals surface area contributed by atoms with Gasteiger partial charge in [0, 0.05) is 0 Å². The number of nitrogens with one attached hydrogen (secondary N) is 1. The summed E-state index contributed by atoms with van der Waals surface area (Å²) in [6.07, 6.45) is 0. The number of imide groups is 1. The quantitative estimate of drug-likeness (QED) is 0.452. The van der Waals surface area contributed by atoms with Crippen LogP contribution in [0, 0.1) is 6.92 Å². The van der Waals surface area contributed by atoms with Crippen molar-refractivity contribution in [2.45, 2.75) is 19.4 Å². The average molecular weight is 382 g/mol. The topological polar surface area (TPSA) is 84.9 Å². The summed E-state index contributed by atoms with van der Waals surface area (Å²) in [6, 6.07) is 15.8. The van der Waals surface area contributed by atoms with Gasteiger partial charge in [0.15, 0.2) is 0 Å². The highest BCUT2D eigenvalue weighted by Gasteiger charge is 2.49. The molecule has 0 saturated carbocycles. The lowest BCUT2D eigenvalue weighted by atomic mass is 9.91. The van der Waals surface area contributed by atoms with E-state index in [0.717, 1.165) is 10.5 Å². The van der Waals surface area contributed by atoms with Crippen LogP contribution in [0.5, 0.6) is 5.75 Å². The van der Waals surface area contributed by atoms with E-state index < -0.39 is 30.0 Å². The van der Waals surface area contributed by atoms with Crippen molar-refractivity contribution in [1.29, 1.82) is 0 Å². The molecular formula is C21H22N2O5. The third-order valence-electron chi connectivity index (χ3n) is 4.55. The summed E-state index contributed by atoms with van der Waals surface area (Å²) in [4.78, 5) is 38.0. The van der Waals surface area contributed by atoms with Crippen molar-refractivity contribution in [3.63, 3.8) is 0 Å². The Morgan fingerprint density at radius 1 is 1.04 bits per heavy atom. The summed E-state index contributed by atoms with van der Waals surface area (Å²) >= 11 is 0. The Hall–Kier alpha value is -3.35. The first-order valence-electron chi connectivity index (χ1n) is 8.95. The minimum absolute atomic E-state index is 0.0204. The third-order valence-corrected chi connectivity index (χ3v) is 4.55. The molecule has 28 heavy (non-hydrogen) atoms. The SMILES string of the molecule is Cc1ccc([C@]2(C)NC(=O)N(CC(=O)OCCOc3ccccc3)C2=O)cc1. The number of para-hydroxylation sites is 1. The van der Waals surface area contributed by atoms with Gasteiger partial charge >= 0.3 is 12.0 Å². The van der Waals surface area contributed by atoms with Gasteiger partial charge in [0.1, 0.15) is 31.0 Å². The van der Waals surface area contributed by atoms with Crippen LogP contribution in [0.1, 0.15) is 18.1 Å². The number of benzene rings is 2. The highest BCUT2D eigenvalue weighted by Crippen LogP contribution is 2.28. The first-order chi connectivity index (χ1) is 13.4. The van der Waals surface area contributed by atoms with Crippen LogP contribution in [0.15, 0.2) is 54.6 Å². The second-order valence-electron chi connectivity index (χ2n) is 6.69. The zero-order valence-electron chi connectivity index (χ0n) is 15.8. The summed E-state index contributed by atoms with van der Waals surface area (Å²) in [5.41, 5.74) is 0.493. The minimum atomic E-state index is -1.21. The van der Waals surface area contributed by atoms with Crippen LogP contribution in [0.4, 0.5) is 4.79 Å². The number of aryl methyl sites for hydroxylation is 1. The number of nitrogens with zero attached hydrogens (tertiary/aromatic N) is 1. The number of esters is 1. The molecule has 7 nitrogen and oxygen atoms in total. The van der Waals surface area contributed by atoms with E-state index in [1.165, 1.54) is 0 Å². The van der Waals surface area contributed by atoms with Gasteiger partial charge in [-0.2, -0.15) is 0 Å². The second-order valence-corrected chi connectivity index (χ2v) is 6.69. The van der Waals surface area contributed by atoms with Crippen LogP contribution in [0.2, 0.25) is 0 Å². The van der Waals surface area contributed by atoms with Gasteiger partial charge in [-0.05, 0) is 31.5 Å². The zero-order chi connectivity index (χ0) is 20.1. The molecule has 1 fully saturated rings. The number of carbonyl (C=O) groups is 3. The van der Waals surface area contributed by atoms with Crippen LogP contribution in [0.3, 0.4) is 0 Å². The summed E-state index contributed by atoms with van der Waals surface area (Å²) in [5.74, 6) is -0.492. The maximum absolute atomic E-state index is 12.8. The molecule has 2 aromatic rings. The van der Waals surface area contributed by atoms with E-state index in [2.05, 4.69) is 5.32 Å². The summed E-state index contributed by atoms with van der Waals surface area (Å²) in [5, 5.41) is 2.66. The van der Waals surface area contributed by atoms with Crippen molar-refractivity contribution >= 4 is 17.9 Å². The van der Waals surface area contributed by atoms with E-state index in [1.54, 1.807) is 31.2 Å². The average Bonchev–Trinajstić information content (AvgIpc) is 2.90. The van der Waals surface area contributed by atoms with Gasteiger partial charge in [0.25, 0.3) is 5.91 Å². The lowest BCUT2D eigenvalue weighted by molar-refractivity contribution is -0.148. The minimum Gasteiger partial charge on any atom is -0.490 e. The second kappa shape index (κ2) is 8.12. The molecule has 0 radical (unpaired) electrons. The fourth-order valence-electron chi connectivity index (χ4n) is 2.93. The molecular weight excluding hydrogens is 360 g/mol. The fraction of sp³-hybridized carbons (Fsp3) is 0.286. The number of hydrogen-bond donors (Lipinski definition) is 1. The van der Waals surface area contributed by atoms with Gasteiger partial charge in [0.05, 0.1) is 0 Å². The predicted molar refractivity (Wildman–Crippen MR) is 102 cm³/mol. The van der Waals surface area contributed by atoms with Gasteiger partial charge in [-0.15, -0.1) is 0 Å². The predicted octanol–water partition coefficient (Wildman–Crippen LogP) is 2.38. The number of carbonyl (C=O) groups excluding carboxylic acids is 3. The lowest BCUT2D eigenvalue weighted by Gasteiger charge is -2.22. The number of rotatable bonds is 7. The molecule has 0 aromatic heterocycles. The molecule has 2 aromatic carbocycles. The van der Waals surface area contributed by atoms with Crippen LogP contribution in [0.25, 0.3) is 0 Å². The fourth-order valence-corrected chi connectivity index (χ4v) is 2.93. The van der Waals surface area contributed by atoms with Crippen LogP contribution in [-0.4, -0.2) is 42.6 Å². The van der Waals surface area contributed by atoms with E-state index in [0.29, 0.717) is 11.3 Å². The van der Waals surface area contributed by atoms with Gasteiger partial charge in [0.2, 0.25) is 0 Å². The van der Waals surface area contributed by atoms with Gasteiger partial charge < -0.3 is 14.8 Å². The van der Waals surface area contributed by atoms with E-state index in [1.807, 2.05) is 37.3 Å². The van der Waals surface area contributed by atoms with Gasteiger partial charge in [-0.1, -0.05) is 48.0 Å². The Morgan fingerprint density at radius 3 is 2.39 bits per heavy atom. The van der Waals surface area contributed by atoms with Crippen molar-refractivity contribution in [3.05, 3.63) is 65.7 Å². The Bertz CT molecular complexity index is 866. The Kier molecular flexibility index (Phi) is 5.63. The molecule has 146 valence electrons. The molecule has 1 aliphatic heterocycles. The monoisotopic (exact) mass is 382 g/mol. The normalized spacial score (nSPS) is 18.7. The number of urea groups is 1. The smallest absolute Gasteiger partial charge is 0.326 e. The largest absolute Gasteiger partial charge is 0.490 e. The van der Waals surface area contributed by atoms with Crippen LogP contribution >= 0.6 is 0 Å². The van der Waals surface area contributed by atoms with E-state index in [4.69, 9.17) is 9.47 Å². The van der Waals surface area contributed by atoms with Crippen molar-refractivity contribution in [2.75, 3.05) is 19.8 Å². The lowest BCUT2D eigenvalue weighted by Crippen LogP contribution is -2.41. The molecule has 1 heterocycles. The van der Waals surface area contributed by atoms with Crippen molar-refractivity contribution in [3.8, 4) is 5.75 Å². The molecule has 1 aliphatic rings. The van der Waals surface area contributed by atoms with Crippen LogP contribution in [-0.2, 0) is 19.9 Å². The number of ether oxygens (including phenoxy) is 2. The summed E-state index contributed by atoms with van der Waals surface area (Å²) in [7, 11) is 0. The van der Waals surface area contributed by atoms with Crippen molar-refractivity contribution in [1.82, 2.24) is 10.2 Å². The van der Waals surface area contributed by atoms with Crippen molar-refractivity contribution < 1.29 is 23.9 Å². The van der Waals surface area contributed by atoms with Gasteiger partial charge in [-0.25, -0.2) is 4.79 Å². The maximum Gasteiger partial charge on any atom is 0.326 e. The number of hydrogen-bond acceptors (Lipinski definition) is 5. The first kappa shape index (κ1) is 19.4. The van der Waals surface area contributed by atoms with E-state index >= 15 is 0 Å². The molecule has 0 aliphatic carbocycles. The van der Waals surface area contributed by atoms with Crippen LogP contribution < -0.4 is 10.1 Å². The summed E-state index contributed by atoms with van der Waals surface area (Å²) in [6.45, 7) is 3.31.